The van der Waals surface area contributed by atoms with Gasteiger partial charge in [-0.1, -0.05) is 6.42 Å². The lowest BCUT2D eigenvalue weighted by Crippen LogP contribution is -2.49. The molecule has 0 aromatic heterocycles. The van der Waals surface area contributed by atoms with Crippen molar-refractivity contribution in [2.75, 3.05) is 39.4 Å². The average molecular weight is 326 g/mol. The number of piperidine rings is 2. The van der Waals surface area contributed by atoms with Crippen molar-refractivity contribution >= 4 is 11.9 Å². The fourth-order valence-corrected chi connectivity index (χ4v) is 3.64. The topological polar surface area (TPSA) is 70.1 Å². The third kappa shape index (κ3) is 5.18. The molecule has 6 heteroatoms. The molecule has 1 N–H and O–H groups in total. The average Bonchev–Trinajstić information content (AvgIpc) is 2.57. The minimum Gasteiger partial charge on any atom is -0.466 e. The van der Waals surface area contributed by atoms with Crippen molar-refractivity contribution in [2.24, 2.45) is 5.92 Å². The van der Waals surface area contributed by atoms with Crippen LogP contribution in [0.2, 0.25) is 0 Å². The molecular formula is C17H30N2O4. The zero-order chi connectivity index (χ0) is 16.7. The molecule has 2 saturated heterocycles. The molecule has 2 rings (SSSR count). The van der Waals surface area contributed by atoms with Gasteiger partial charge in [-0.2, -0.15) is 0 Å². The van der Waals surface area contributed by atoms with E-state index < -0.39 is 0 Å². The molecule has 6 nitrogen and oxygen atoms in total. The second kappa shape index (κ2) is 9.23. The number of ether oxygens (including phenoxy) is 1. The number of carbonyl (C=O) groups excluding carboxylic acids is 2. The Morgan fingerprint density at radius 2 is 1.87 bits per heavy atom. The Morgan fingerprint density at radius 3 is 2.52 bits per heavy atom. The molecule has 1 unspecified atom stereocenters. The van der Waals surface area contributed by atoms with Crippen LogP contribution >= 0.6 is 0 Å². The zero-order valence-corrected chi connectivity index (χ0v) is 14.2. The maximum Gasteiger partial charge on any atom is 0.309 e. The van der Waals surface area contributed by atoms with Crippen LogP contribution < -0.4 is 0 Å². The first-order valence-corrected chi connectivity index (χ1v) is 8.95. The number of hydrogen-bond acceptors (Lipinski definition) is 5. The Bertz CT molecular complexity index is 392. The van der Waals surface area contributed by atoms with E-state index in [0.29, 0.717) is 45.1 Å². The highest BCUT2D eigenvalue weighted by Gasteiger charge is 2.30. The fraction of sp³-hybridized carbons (Fsp3) is 0.882. The molecule has 2 aliphatic heterocycles. The number of hydrogen-bond donors (Lipinski definition) is 1. The van der Waals surface area contributed by atoms with Crippen LogP contribution in [0.1, 0.15) is 45.4 Å². The van der Waals surface area contributed by atoms with Gasteiger partial charge in [-0.15, -0.1) is 0 Å². The lowest BCUT2D eigenvalue weighted by molar-refractivity contribution is -0.151. The number of rotatable bonds is 6. The number of esters is 1. The van der Waals surface area contributed by atoms with E-state index in [1.54, 1.807) is 0 Å². The van der Waals surface area contributed by atoms with Crippen LogP contribution in [0.5, 0.6) is 0 Å². The largest absolute Gasteiger partial charge is 0.466 e. The number of aliphatic hydroxyl groups excluding tert-OH is 1. The third-order valence-electron chi connectivity index (χ3n) is 5.02. The molecule has 2 fully saturated rings. The van der Waals surface area contributed by atoms with E-state index in [1.165, 1.54) is 6.42 Å². The fourth-order valence-electron chi connectivity index (χ4n) is 3.64. The normalized spacial score (nSPS) is 23.7. The first-order chi connectivity index (χ1) is 11.2. The van der Waals surface area contributed by atoms with E-state index in [-0.39, 0.29) is 24.4 Å². The van der Waals surface area contributed by atoms with Crippen LogP contribution in [0.25, 0.3) is 0 Å². The van der Waals surface area contributed by atoms with Crippen LogP contribution in [-0.4, -0.2) is 72.2 Å². The summed E-state index contributed by atoms with van der Waals surface area (Å²) in [5.41, 5.74) is 0. The number of carbonyl (C=O) groups is 2. The van der Waals surface area contributed by atoms with Gasteiger partial charge in [0.2, 0.25) is 5.91 Å². The van der Waals surface area contributed by atoms with Gasteiger partial charge in [0, 0.05) is 25.7 Å². The number of likely N-dealkylation sites (tertiary alicyclic amines) is 2. The summed E-state index contributed by atoms with van der Waals surface area (Å²) in [5.74, 6) is -0.0353. The summed E-state index contributed by atoms with van der Waals surface area (Å²) >= 11 is 0. The van der Waals surface area contributed by atoms with Crippen LogP contribution in [0, 0.1) is 5.92 Å². The van der Waals surface area contributed by atoms with Gasteiger partial charge >= 0.3 is 5.97 Å². The second-order valence-corrected chi connectivity index (χ2v) is 6.54. The third-order valence-corrected chi connectivity index (χ3v) is 5.02. The summed E-state index contributed by atoms with van der Waals surface area (Å²) in [6.07, 6.45) is 5.52. The molecule has 2 aliphatic rings. The first-order valence-electron chi connectivity index (χ1n) is 8.95. The highest BCUT2D eigenvalue weighted by molar-refractivity contribution is 5.79. The molecule has 1 atom stereocenters. The van der Waals surface area contributed by atoms with Gasteiger partial charge in [0.05, 0.1) is 19.1 Å². The van der Waals surface area contributed by atoms with Crippen molar-refractivity contribution in [3.8, 4) is 0 Å². The monoisotopic (exact) mass is 326 g/mol. The second-order valence-electron chi connectivity index (χ2n) is 6.54. The summed E-state index contributed by atoms with van der Waals surface area (Å²) in [6, 6.07) is 0.328. The molecule has 1 amide bonds. The molecule has 0 aromatic carbocycles. The standard InChI is InChI=1S/C17H30N2O4/c1-2-23-17(22)14-6-10-18(11-7-14)16(21)13-19-9-4-3-5-15(19)8-12-20/h14-15,20H,2-13H2,1H3. The van der Waals surface area contributed by atoms with Gasteiger partial charge in [-0.05, 0) is 45.6 Å². The SMILES string of the molecule is CCOC(=O)C1CCN(C(=O)CN2CCCCC2CCO)CC1. The predicted octanol–water partition coefficient (Wildman–Crippen LogP) is 1.03. The summed E-state index contributed by atoms with van der Waals surface area (Å²) in [5, 5.41) is 9.18. The summed E-state index contributed by atoms with van der Waals surface area (Å²) in [6.45, 7) is 5.07. The van der Waals surface area contributed by atoms with E-state index in [9.17, 15) is 14.7 Å². The Labute approximate surface area is 138 Å². The van der Waals surface area contributed by atoms with Crippen molar-refractivity contribution in [3.05, 3.63) is 0 Å². The van der Waals surface area contributed by atoms with Crippen molar-refractivity contribution < 1.29 is 19.4 Å². The van der Waals surface area contributed by atoms with Gasteiger partial charge in [-0.25, -0.2) is 0 Å². The lowest BCUT2D eigenvalue weighted by Gasteiger charge is -2.37. The highest BCUT2D eigenvalue weighted by Crippen LogP contribution is 2.22. The van der Waals surface area contributed by atoms with Crippen LogP contribution in [0.3, 0.4) is 0 Å². The van der Waals surface area contributed by atoms with Crippen molar-refractivity contribution in [1.29, 1.82) is 0 Å². The van der Waals surface area contributed by atoms with Crippen LogP contribution in [0.15, 0.2) is 0 Å². The predicted molar refractivity (Wildman–Crippen MR) is 86.9 cm³/mol. The Kier molecular flexibility index (Phi) is 7.30. The minimum absolute atomic E-state index is 0.0591. The molecule has 23 heavy (non-hydrogen) atoms. The number of aliphatic hydroxyl groups is 1. The number of nitrogens with zero attached hydrogens (tertiary/aromatic N) is 2. The van der Waals surface area contributed by atoms with Gasteiger partial charge < -0.3 is 14.7 Å². The molecule has 0 aromatic rings. The summed E-state index contributed by atoms with van der Waals surface area (Å²) in [4.78, 5) is 28.4. The van der Waals surface area contributed by atoms with Crippen molar-refractivity contribution in [1.82, 2.24) is 9.80 Å². The molecule has 0 spiro atoms. The van der Waals surface area contributed by atoms with E-state index in [4.69, 9.17) is 4.74 Å². The van der Waals surface area contributed by atoms with Gasteiger partial charge in [-0.3, -0.25) is 14.5 Å². The van der Waals surface area contributed by atoms with E-state index in [2.05, 4.69) is 4.90 Å². The maximum absolute atomic E-state index is 12.5. The Morgan fingerprint density at radius 1 is 1.13 bits per heavy atom. The van der Waals surface area contributed by atoms with E-state index >= 15 is 0 Å². The van der Waals surface area contributed by atoms with Gasteiger partial charge in [0.25, 0.3) is 0 Å². The summed E-state index contributed by atoms with van der Waals surface area (Å²) in [7, 11) is 0. The molecule has 0 radical (unpaired) electrons. The smallest absolute Gasteiger partial charge is 0.309 e. The summed E-state index contributed by atoms with van der Waals surface area (Å²) < 4.78 is 5.07. The highest BCUT2D eigenvalue weighted by atomic mass is 16.5. The van der Waals surface area contributed by atoms with E-state index in [0.717, 1.165) is 25.8 Å². The number of amides is 1. The quantitative estimate of drug-likeness (QED) is 0.738. The van der Waals surface area contributed by atoms with E-state index in [1.807, 2.05) is 11.8 Å². The molecule has 0 bridgehead atoms. The zero-order valence-electron chi connectivity index (χ0n) is 14.2. The maximum atomic E-state index is 12.5. The minimum atomic E-state index is -0.126. The van der Waals surface area contributed by atoms with Crippen LogP contribution in [0.4, 0.5) is 0 Å². The first kappa shape index (κ1) is 18.2. The Hall–Kier alpha value is -1.14. The lowest BCUT2D eigenvalue weighted by atomic mass is 9.96. The van der Waals surface area contributed by atoms with Crippen LogP contribution in [-0.2, 0) is 14.3 Å². The van der Waals surface area contributed by atoms with Crippen molar-refractivity contribution in [3.63, 3.8) is 0 Å². The molecule has 2 heterocycles. The molecule has 0 aliphatic carbocycles. The van der Waals surface area contributed by atoms with Crippen molar-refractivity contribution in [2.45, 2.75) is 51.5 Å². The Balaban J connectivity index is 1.79. The molecule has 132 valence electrons. The van der Waals surface area contributed by atoms with Gasteiger partial charge in [0.15, 0.2) is 0 Å². The molecule has 0 saturated carbocycles. The molecular weight excluding hydrogens is 296 g/mol. The van der Waals surface area contributed by atoms with Gasteiger partial charge in [0.1, 0.15) is 0 Å².